The largest absolute Gasteiger partial charge is 0.496 e. The van der Waals surface area contributed by atoms with E-state index in [1.807, 2.05) is 18.2 Å². The molecule has 0 fully saturated rings. The van der Waals surface area contributed by atoms with Crippen molar-refractivity contribution >= 4 is 5.69 Å². The van der Waals surface area contributed by atoms with Gasteiger partial charge >= 0.3 is 0 Å². The maximum atomic E-state index is 5.20. The summed E-state index contributed by atoms with van der Waals surface area (Å²) >= 11 is 0. The smallest absolute Gasteiger partial charge is 0.139 e. The van der Waals surface area contributed by atoms with E-state index < -0.39 is 0 Å². The van der Waals surface area contributed by atoms with Crippen LogP contribution in [0.5, 0.6) is 11.5 Å². The molecule has 0 aliphatic heterocycles. The topological polar surface area (TPSA) is 18.5 Å². The number of quaternary nitrogens is 1. The second kappa shape index (κ2) is 3.88. The van der Waals surface area contributed by atoms with Crippen molar-refractivity contribution in [3.8, 4) is 11.5 Å². The zero-order chi connectivity index (χ0) is 10.8. The summed E-state index contributed by atoms with van der Waals surface area (Å²) in [4.78, 5) is 0. The molecule has 0 bridgehead atoms. The van der Waals surface area contributed by atoms with Crippen molar-refractivity contribution in [2.75, 3.05) is 35.4 Å². The molecular weight excluding hydrogens is 178 g/mol. The van der Waals surface area contributed by atoms with Crippen molar-refractivity contribution in [3.63, 3.8) is 0 Å². The first-order chi connectivity index (χ1) is 6.47. The molecule has 0 N–H and O–H groups in total. The average Bonchev–Trinajstić information content (AvgIpc) is 2.15. The van der Waals surface area contributed by atoms with Gasteiger partial charge in [-0.25, -0.2) is 0 Å². The third kappa shape index (κ3) is 2.39. The molecule has 0 saturated carbocycles. The number of hydrogen-bond acceptors (Lipinski definition) is 2. The van der Waals surface area contributed by atoms with Gasteiger partial charge in [0.25, 0.3) is 0 Å². The Morgan fingerprint density at radius 3 is 1.57 bits per heavy atom. The highest BCUT2D eigenvalue weighted by atomic mass is 16.5. The van der Waals surface area contributed by atoms with Gasteiger partial charge in [0.15, 0.2) is 0 Å². The molecular formula is C11H18NO2+. The van der Waals surface area contributed by atoms with Crippen LogP contribution in [0.3, 0.4) is 0 Å². The Labute approximate surface area is 85.5 Å². The van der Waals surface area contributed by atoms with Gasteiger partial charge in [-0.2, -0.15) is 0 Å². The lowest BCUT2D eigenvalue weighted by Crippen LogP contribution is -2.34. The molecule has 0 aliphatic rings. The Morgan fingerprint density at radius 2 is 1.29 bits per heavy atom. The highest BCUT2D eigenvalue weighted by molar-refractivity contribution is 5.52. The Balaban J connectivity index is 3.17. The van der Waals surface area contributed by atoms with Crippen LogP contribution in [-0.4, -0.2) is 35.4 Å². The molecule has 3 heteroatoms. The molecule has 78 valence electrons. The summed E-state index contributed by atoms with van der Waals surface area (Å²) in [6, 6.07) is 5.91. The number of ether oxygens (including phenoxy) is 2. The van der Waals surface area contributed by atoms with Gasteiger partial charge in [-0.1, -0.05) is 0 Å². The molecule has 0 aromatic heterocycles. The van der Waals surface area contributed by atoms with Crippen LogP contribution in [0.15, 0.2) is 18.2 Å². The van der Waals surface area contributed by atoms with Crippen molar-refractivity contribution in [3.05, 3.63) is 18.2 Å². The normalized spacial score (nSPS) is 11.2. The van der Waals surface area contributed by atoms with Gasteiger partial charge in [-0.15, -0.1) is 0 Å². The lowest BCUT2D eigenvalue weighted by atomic mass is 10.2. The van der Waals surface area contributed by atoms with Crippen molar-refractivity contribution in [2.24, 2.45) is 0 Å². The SMILES string of the molecule is COc1cc(OC)cc([N+](C)(C)C)c1. The summed E-state index contributed by atoms with van der Waals surface area (Å²) < 4.78 is 11.1. The Morgan fingerprint density at radius 1 is 0.857 bits per heavy atom. The fourth-order valence-electron chi connectivity index (χ4n) is 1.18. The number of nitrogens with zero attached hydrogens (tertiary/aromatic N) is 1. The lowest BCUT2D eigenvalue weighted by molar-refractivity contribution is 0.389. The van der Waals surface area contributed by atoms with E-state index in [4.69, 9.17) is 9.47 Å². The van der Waals surface area contributed by atoms with Gasteiger partial charge in [0.1, 0.15) is 17.2 Å². The van der Waals surface area contributed by atoms with Crippen molar-refractivity contribution in [2.45, 2.75) is 0 Å². The fraction of sp³-hybridized carbons (Fsp3) is 0.455. The molecule has 14 heavy (non-hydrogen) atoms. The van der Waals surface area contributed by atoms with E-state index in [0.29, 0.717) is 0 Å². The van der Waals surface area contributed by atoms with E-state index in [1.165, 1.54) is 0 Å². The molecule has 0 unspecified atom stereocenters. The Hall–Kier alpha value is -1.22. The summed E-state index contributed by atoms with van der Waals surface area (Å²) in [6.07, 6.45) is 0. The van der Waals surface area contributed by atoms with Crippen LogP contribution < -0.4 is 14.0 Å². The van der Waals surface area contributed by atoms with Crippen LogP contribution in [0, 0.1) is 0 Å². The van der Waals surface area contributed by atoms with Gasteiger partial charge in [0, 0.05) is 18.2 Å². The first-order valence-electron chi connectivity index (χ1n) is 4.52. The van der Waals surface area contributed by atoms with Gasteiger partial charge in [-0.3, -0.25) is 4.48 Å². The fourth-order valence-corrected chi connectivity index (χ4v) is 1.18. The van der Waals surface area contributed by atoms with E-state index in [9.17, 15) is 0 Å². The molecule has 1 rings (SSSR count). The highest BCUT2D eigenvalue weighted by Crippen LogP contribution is 2.29. The minimum absolute atomic E-state index is 0.744. The highest BCUT2D eigenvalue weighted by Gasteiger charge is 2.14. The molecule has 1 aromatic carbocycles. The Kier molecular flexibility index (Phi) is 3.01. The maximum Gasteiger partial charge on any atom is 0.139 e. The van der Waals surface area contributed by atoms with Gasteiger partial charge < -0.3 is 9.47 Å². The number of rotatable bonds is 3. The van der Waals surface area contributed by atoms with Crippen LogP contribution >= 0.6 is 0 Å². The van der Waals surface area contributed by atoms with E-state index in [1.54, 1.807) is 14.2 Å². The first kappa shape index (κ1) is 10.9. The van der Waals surface area contributed by atoms with E-state index in [-0.39, 0.29) is 0 Å². The van der Waals surface area contributed by atoms with E-state index >= 15 is 0 Å². The Bertz CT molecular complexity index is 293. The van der Waals surface area contributed by atoms with Gasteiger partial charge in [0.2, 0.25) is 0 Å². The molecule has 1 aromatic rings. The quantitative estimate of drug-likeness (QED) is 0.687. The second-order valence-electron chi connectivity index (χ2n) is 4.08. The van der Waals surface area contributed by atoms with Gasteiger partial charge in [-0.05, 0) is 0 Å². The molecule has 0 atom stereocenters. The van der Waals surface area contributed by atoms with E-state index in [2.05, 4.69) is 21.1 Å². The standard InChI is InChI=1S/C11H18NO2/c1-12(2,3)9-6-10(13-4)8-11(7-9)14-5/h6-8H,1-5H3/q+1. The van der Waals surface area contributed by atoms with E-state index in [0.717, 1.165) is 21.7 Å². The lowest BCUT2D eigenvalue weighted by Gasteiger charge is -2.24. The van der Waals surface area contributed by atoms with Crippen LogP contribution in [0.4, 0.5) is 5.69 Å². The maximum absolute atomic E-state index is 5.20. The number of methoxy groups -OCH3 is 2. The zero-order valence-electron chi connectivity index (χ0n) is 9.50. The van der Waals surface area contributed by atoms with Crippen LogP contribution in [0.25, 0.3) is 0 Å². The van der Waals surface area contributed by atoms with Crippen LogP contribution in [0.1, 0.15) is 0 Å². The monoisotopic (exact) mass is 196 g/mol. The molecule has 0 radical (unpaired) electrons. The summed E-state index contributed by atoms with van der Waals surface area (Å²) in [5, 5.41) is 0. The minimum atomic E-state index is 0.744. The minimum Gasteiger partial charge on any atom is -0.496 e. The van der Waals surface area contributed by atoms with Crippen LogP contribution in [0.2, 0.25) is 0 Å². The molecule has 0 heterocycles. The molecule has 0 saturated heterocycles. The summed E-state index contributed by atoms with van der Waals surface area (Å²) in [5.74, 6) is 1.65. The molecule has 0 amide bonds. The number of hydrogen-bond donors (Lipinski definition) is 0. The molecule has 3 nitrogen and oxygen atoms in total. The third-order valence-corrected chi connectivity index (χ3v) is 2.11. The molecule has 0 spiro atoms. The van der Waals surface area contributed by atoms with Crippen molar-refractivity contribution in [1.29, 1.82) is 0 Å². The zero-order valence-corrected chi connectivity index (χ0v) is 9.50. The summed E-state index contributed by atoms with van der Waals surface area (Å²) in [7, 11) is 9.64. The van der Waals surface area contributed by atoms with Crippen LogP contribution in [-0.2, 0) is 0 Å². The van der Waals surface area contributed by atoms with Crippen molar-refractivity contribution in [1.82, 2.24) is 4.48 Å². The predicted octanol–water partition coefficient (Wildman–Crippen LogP) is 1.90. The second-order valence-corrected chi connectivity index (χ2v) is 4.08. The van der Waals surface area contributed by atoms with Crippen molar-refractivity contribution < 1.29 is 9.47 Å². The third-order valence-electron chi connectivity index (χ3n) is 2.11. The molecule has 0 aliphatic carbocycles. The summed E-state index contributed by atoms with van der Waals surface area (Å²) in [6.45, 7) is 0. The average molecular weight is 196 g/mol. The summed E-state index contributed by atoms with van der Waals surface area (Å²) in [5.41, 5.74) is 1.15. The predicted molar refractivity (Wildman–Crippen MR) is 59.1 cm³/mol. The number of benzene rings is 1. The first-order valence-corrected chi connectivity index (χ1v) is 4.52. The van der Waals surface area contributed by atoms with Gasteiger partial charge in [0.05, 0.1) is 35.4 Å².